The minimum Gasteiger partial charge on any atom is -0.466 e. The van der Waals surface area contributed by atoms with E-state index in [0.29, 0.717) is 41.8 Å². The normalized spacial score (nSPS) is 16.9. The number of nitrogens with zero attached hydrogens (tertiary/aromatic N) is 5. The van der Waals surface area contributed by atoms with Crippen molar-refractivity contribution in [2.45, 2.75) is 19.8 Å². The molecule has 1 aliphatic heterocycles. The summed E-state index contributed by atoms with van der Waals surface area (Å²) in [5.41, 5.74) is 1.55. The van der Waals surface area contributed by atoms with E-state index in [1.54, 1.807) is 19.1 Å². The lowest BCUT2D eigenvalue weighted by atomic mass is 9.98. The first kappa shape index (κ1) is 18.1. The van der Waals surface area contributed by atoms with Crippen molar-refractivity contribution < 1.29 is 13.9 Å². The number of carbonyl (C=O) groups excluding carboxylic acids is 1. The van der Waals surface area contributed by atoms with Crippen molar-refractivity contribution in [3.05, 3.63) is 30.1 Å². The number of fused-ring (bicyclic) bond motifs is 1. The molecule has 0 bridgehead atoms. The van der Waals surface area contributed by atoms with Crippen LogP contribution in [-0.2, 0) is 9.53 Å². The van der Waals surface area contributed by atoms with Crippen molar-refractivity contribution in [2.24, 2.45) is 5.92 Å². The highest BCUT2D eigenvalue weighted by molar-refractivity contribution is 5.85. The van der Waals surface area contributed by atoms with Crippen LogP contribution in [0.5, 0.6) is 0 Å². The van der Waals surface area contributed by atoms with E-state index in [2.05, 4.69) is 30.7 Å². The molecule has 3 heterocycles. The molecule has 0 saturated carbocycles. The van der Waals surface area contributed by atoms with Crippen molar-refractivity contribution in [3.8, 4) is 0 Å². The zero-order chi connectivity index (χ0) is 19.5. The number of nitrogens with one attached hydrogen (secondary N) is 2. The Morgan fingerprint density at radius 1 is 1.32 bits per heavy atom. The summed E-state index contributed by atoms with van der Waals surface area (Å²) >= 11 is 0. The fourth-order valence-electron chi connectivity index (χ4n) is 3.24. The maximum absolute atomic E-state index is 13.2. The Bertz CT molecular complexity index is 976. The molecule has 0 amide bonds. The van der Waals surface area contributed by atoms with Gasteiger partial charge in [0.2, 0.25) is 11.6 Å². The Morgan fingerprint density at radius 2 is 2.14 bits per heavy atom. The largest absolute Gasteiger partial charge is 0.466 e. The molecule has 2 N–H and O–H groups in total. The third kappa shape index (κ3) is 3.71. The molecule has 1 atom stereocenters. The highest BCUT2D eigenvalue weighted by atomic mass is 19.1. The topological polar surface area (TPSA) is 109 Å². The zero-order valence-electron chi connectivity index (χ0n) is 15.4. The van der Waals surface area contributed by atoms with Crippen LogP contribution >= 0.6 is 0 Å². The number of esters is 1. The highest BCUT2D eigenvalue weighted by Crippen LogP contribution is 2.27. The number of aromatic amines is 1. The lowest BCUT2D eigenvalue weighted by Crippen LogP contribution is -2.40. The highest BCUT2D eigenvalue weighted by Gasteiger charge is 2.29. The minimum atomic E-state index is -0.321. The van der Waals surface area contributed by atoms with Crippen LogP contribution in [0.1, 0.15) is 19.8 Å². The second-order valence-electron chi connectivity index (χ2n) is 6.54. The van der Waals surface area contributed by atoms with Crippen molar-refractivity contribution in [1.29, 1.82) is 0 Å². The van der Waals surface area contributed by atoms with Gasteiger partial charge in [-0.3, -0.25) is 4.79 Å². The third-order valence-electron chi connectivity index (χ3n) is 4.60. The predicted octanol–water partition coefficient (Wildman–Crippen LogP) is 2.41. The summed E-state index contributed by atoms with van der Waals surface area (Å²) in [5, 5.41) is 13.9. The summed E-state index contributed by atoms with van der Waals surface area (Å²) in [6.07, 6.45) is 1.62. The molecular weight excluding hydrogens is 365 g/mol. The smallest absolute Gasteiger partial charge is 0.310 e. The number of aromatic nitrogens is 5. The van der Waals surface area contributed by atoms with E-state index >= 15 is 0 Å². The number of hydrogen-bond acceptors (Lipinski definition) is 8. The van der Waals surface area contributed by atoms with Gasteiger partial charge in [0.25, 0.3) is 0 Å². The van der Waals surface area contributed by atoms with Crippen molar-refractivity contribution in [1.82, 2.24) is 25.4 Å². The van der Waals surface area contributed by atoms with Gasteiger partial charge in [-0.05, 0) is 44.0 Å². The van der Waals surface area contributed by atoms with E-state index in [9.17, 15) is 9.18 Å². The van der Waals surface area contributed by atoms with Crippen LogP contribution in [0.4, 0.5) is 21.8 Å². The minimum absolute atomic E-state index is 0.195. The molecule has 0 spiro atoms. The average molecular weight is 385 g/mol. The van der Waals surface area contributed by atoms with Gasteiger partial charge in [-0.15, -0.1) is 5.10 Å². The molecule has 10 heteroatoms. The number of benzene rings is 1. The van der Waals surface area contributed by atoms with Crippen molar-refractivity contribution in [2.75, 3.05) is 29.9 Å². The monoisotopic (exact) mass is 385 g/mol. The molecule has 1 saturated heterocycles. The van der Waals surface area contributed by atoms with Crippen LogP contribution < -0.4 is 10.2 Å². The Hall–Kier alpha value is -3.30. The van der Waals surface area contributed by atoms with Gasteiger partial charge >= 0.3 is 5.97 Å². The summed E-state index contributed by atoms with van der Waals surface area (Å²) < 4.78 is 18.3. The Kier molecular flexibility index (Phi) is 5.00. The SMILES string of the molecule is CCOC(=O)[C@@H]1CCCN(c2nc(Nc3ccc(F)cc3)c3n[nH]nc3n2)C1. The maximum atomic E-state index is 13.2. The van der Waals surface area contributed by atoms with Gasteiger partial charge < -0.3 is 15.0 Å². The summed E-state index contributed by atoms with van der Waals surface area (Å²) in [5.74, 6) is 0.190. The quantitative estimate of drug-likeness (QED) is 0.645. The molecule has 1 aliphatic rings. The number of carbonyl (C=O) groups is 1. The van der Waals surface area contributed by atoms with Crippen LogP contribution in [0, 0.1) is 11.7 Å². The molecule has 4 rings (SSSR count). The fraction of sp³-hybridized carbons (Fsp3) is 0.389. The van der Waals surface area contributed by atoms with Gasteiger partial charge in [-0.1, -0.05) is 0 Å². The molecule has 9 nitrogen and oxygen atoms in total. The van der Waals surface area contributed by atoms with Gasteiger partial charge in [-0.25, -0.2) is 4.39 Å². The predicted molar refractivity (Wildman–Crippen MR) is 101 cm³/mol. The number of H-pyrrole nitrogens is 1. The molecule has 0 radical (unpaired) electrons. The number of anilines is 3. The van der Waals surface area contributed by atoms with E-state index in [1.807, 2.05) is 4.90 Å². The van der Waals surface area contributed by atoms with Gasteiger partial charge in [0.05, 0.1) is 12.5 Å². The second-order valence-corrected chi connectivity index (χ2v) is 6.54. The summed E-state index contributed by atoms with van der Waals surface area (Å²) in [7, 11) is 0. The first-order chi connectivity index (χ1) is 13.6. The molecule has 146 valence electrons. The average Bonchev–Trinajstić information content (AvgIpc) is 3.19. The Labute approximate surface area is 160 Å². The van der Waals surface area contributed by atoms with Crippen LogP contribution in [0.25, 0.3) is 11.2 Å². The van der Waals surface area contributed by atoms with Crippen LogP contribution in [0.3, 0.4) is 0 Å². The fourth-order valence-corrected chi connectivity index (χ4v) is 3.24. The standard InChI is InChI=1S/C18H20FN7O2/c1-2-28-17(27)11-4-3-9-26(10-11)18-21-15(14-16(22-18)24-25-23-14)20-13-7-5-12(19)6-8-13/h5-8,11H,2-4,9-10H2,1H3,(H2,20,21,22,23,24,25)/t11-/m1/s1. The first-order valence-electron chi connectivity index (χ1n) is 9.16. The molecule has 0 unspecified atom stereocenters. The first-order valence-corrected chi connectivity index (χ1v) is 9.16. The van der Waals surface area contributed by atoms with Gasteiger partial charge in [0.1, 0.15) is 5.82 Å². The van der Waals surface area contributed by atoms with Crippen molar-refractivity contribution in [3.63, 3.8) is 0 Å². The van der Waals surface area contributed by atoms with E-state index < -0.39 is 0 Å². The Balaban J connectivity index is 1.62. The molecule has 28 heavy (non-hydrogen) atoms. The number of hydrogen-bond donors (Lipinski definition) is 2. The van der Waals surface area contributed by atoms with Crippen LogP contribution in [-0.4, -0.2) is 51.0 Å². The summed E-state index contributed by atoms with van der Waals surface area (Å²) in [4.78, 5) is 23.1. The maximum Gasteiger partial charge on any atom is 0.310 e. The molecule has 3 aromatic rings. The summed E-state index contributed by atoms with van der Waals surface area (Å²) in [6, 6.07) is 5.94. The van der Waals surface area contributed by atoms with Gasteiger partial charge in [0, 0.05) is 18.8 Å². The van der Waals surface area contributed by atoms with E-state index in [1.165, 1.54) is 12.1 Å². The number of halogens is 1. The second kappa shape index (κ2) is 7.75. The van der Waals surface area contributed by atoms with Gasteiger partial charge in [-0.2, -0.15) is 20.3 Å². The van der Waals surface area contributed by atoms with E-state index in [-0.39, 0.29) is 17.7 Å². The molecule has 1 fully saturated rings. The number of ether oxygens (including phenoxy) is 1. The summed E-state index contributed by atoms with van der Waals surface area (Å²) in [6.45, 7) is 3.38. The lowest BCUT2D eigenvalue weighted by molar-refractivity contribution is -0.148. The van der Waals surface area contributed by atoms with E-state index in [0.717, 1.165) is 19.4 Å². The van der Waals surface area contributed by atoms with Crippen molar-refractivity contribution >= 4 is 34.6 Å². The zero-order valence-corrected chi connectivity index (χ0v) is 15.4. The van der Waals surface area contributed by atoms with Crippen LogP contribution in [0.15, 0.2) is 24.3 Å². The number of piperidine rings is 1. The van der Waals surface area contributed by atoms with Gasteiger partial charge in [0.15, 0.2) is 11.3 Å². The molecule has 1 aromatic carbocycles. The van der Waals surface area contributed by atoms with Crippen LogP contribution in [0.2, 0.25) is 0 Å². The molecule has 2 aromatic heterocycles. The lowest BCUT2D eigenvalue weighted by Gasteiger charge is -2.31. The molecular formula is C18H20FN7O2. The molecule has 0 aliphatic carbocycles. The Morgan fingerprint density at radius 3 is 2.93 bits per heavy atom. The number of rotatable bonds is 5. The van der Waals surface area contributed by atoms with E-state index in [4.69, 9.17) is 4.74 Å². The third-order valence-corrected chi connectivity index (χ3v) is 4.60.